The lowest BCUT2D eigenvalue weighted by Gasteiger charge is -2.48. The minimum atomic E-state index is 0.0881. The van der Waals surface area contributed by atoms with Crippen molar-refractivity contribution in [2.45, 2.75) is 31.7 Å². The van der Waals surface area contributed by atoms with Gasteiger partial charge >= 0.3 is 0 Å². The minimum absolute atomic E-state index is 0.0881. The van der Waals surface area contributed by atoms with Gasteiger partial charge in [0.15, 0.2) is 0 Å². The van der Waals surface area contributed by atoms with Crippen molar-refractivity contribution in [3.8, 4) is 0 Å². The van der Waals surface area contributed by atoms with E-state index in [0.717, 1.165) is 6.42 Å². The lowest BCUT2D eigenvalue weighted by Crippen LogP contribution is -2.52. The molecule has 0 saturated heterocycles. The third-order valence-corrected chi connectivity index (χ3v) is 4.15. The van der Waals surface area contributed by atoms with E-state index in [0.29, 0.717) is 39.6 Å². The normalized spacial score (nSPS) is 26.0. The highest BCUT2D eigenvalue weighted by molar-refractivity contribution is 6.21. The van der Waals surface area contributed by atoms with E-state index in [1.54, 1.807) is 7.11 Å². The fourth-order valence-corrected chi connectivity index (χ4v) is 2.14. The fraction of sp³-hybridized carbons (Fsp3) is 1.00. The van der Waals surface area contributed by atoms with Crippen LogP contribution in [0.25, 0.3) is 0 Å². The van der Waals surface area contributed by atoms with Crippen molar-refractivity contribution in [1.29, 1.82) is 0 Å². The van der Waals surface area contributed by atoms with Crippen LogP contribution in [0, 0.1) is 5.41 Å². The standard InChI is InChI=1S/C13H25ClO4/c1-13(2)11(14)10-12(13)18-9-8-17-7-6-16-5-4-15-3/h11-12H,4-10H2,1-3H3. The Hall–Kier alpha value is 0.130. The van der Waals surface area contributed by atoms with Gasteiger partial charge in [0.25, 0.3) is 0 Å². The Morgan fingerprint density at radius 2 is 1.56 bits per heavy atom. The summed E-state index contributed by atoms with van der Waals surface area (Å²) in [5.74, 6) is 0. The van der Waals surface area contributed by atoms with Crippen molar-refractivity contribution in [1.82, 2.24) is 0 Å². The van der Waals surface area contributed by atoms with Crippen LogP contribution in [0.5, 0.6) is 0 Å². The molecule has 108 valence electrons. The first kappa shape index (κ1) is 16.2. The van der Waals surface area contributed by atoms with E-state index in [1.807, 2.05) is 0 Å². The number of hydrogen-bond donors (Lipinski definition) is 0. The van der Waals surface area contributed by atoms with Crippen molar-refractivity contribution >= 4 is 11.6 Å². The van der Waals surface area contributed by atoms with E-state index >= 15 is 0 Å². The molecule has 1 fully saturated rings. The molecule has 18 heavy (non-hydrogen) atoms. The molecule has 2 atom stereocenters. The molecule has 0 aromatic heterocycles. The number of ether oxygens (including phenoxy) is 4. The van der Waals surface area contributed by atoms with Gasteiger partial charge in [0.1, 0.15) is 0 Å². The monoisotopic (exact) mass is 280 g/mol. The maximum Gasteiger partial charge on any atom is 0.0704 e. The topological polar surface area (TPSA) is 36.9 Å². The molecule has 5 heteroatoms. The summed E-state index contributed by atoms with van der Waals surface area (Å²) in [6, 6.07) is 0. The molecule has 2 unspecified atom stereocenters. The molecule has 1 saturated carbocycles. The number of methoxy groups -OCH3 is 1. The van der Waals surface area contributed by atoms with Gasteiger partial charge in [0.05, 0.1) is 45.7 Å². The molecule has 0 aliphatic heterocycles. The Bertz CT molecular complexity index is 223. The van der Waals surface area contributed by atoms with Gasteiger partial charge in [-0.2, -0.15) is 0 Å². The summed E-state index contributed by atoms with van der Waals surface area (Å²) in [4.78, 5) is 0. The summed E-state index contributed by atoms with van der Waals surface area (Å²) in [5.41, 5.74) is 0.0881. The second kappa shape index (κ2) is 8.33. The van der Waals surface area contributed by atoms with Crippen LogP contribution in [-0.2, 0) is 18.9 Å². The summed E-state index contributed by atoms with van der Waals surface area (Å²) in [7, 11) is 1.66. The van der Waals surface area contributed by atoms with Crippen molar-refractivity contribution in [3.63, 3.8) is 0 Å². The van der Waals surface area contributed by atoms with Gasteiger partial charge in [0, 0.05) is 17.9 Å². The lowest BCUT2D eigenvalue weighted by molar-refractivity contribution is -0.104. The Morgan fingerprint density at radius 1 is 1.00 bits per heavy atom. The Morgan fingerprint density at radius 3 is 2.06 bits per heavy atom. The van der Waals surface area contributed by atoms with Crippen molar-refractivity contribution in [2.75, 3.05) is 46.8 Å². The van der Waals surface area contributed by atoms with Gasteiger partial charge in [-0.05, 0) is 6.42 Å². The first-order valence-corrected chi connectivity index (χ1v) is 6.92. The summed E-state index contributed by atoms with van der Waals surface area (Å²) < 4.78 is 21.3. The lowest BCUT2D eigenvalue weighted by atomic mass is 9.68. The van der Waals surface area contributed by atoms with Gasteiger partial charge in [-0.25, -0.2) is 0 Å². The molecule has 0 aromatic rings. The largest absolute Gasteiger partial charge is 0.382 e. The average molecular weight is 281 g/mol. The first-order chi connectivity index (χ1) is 8.59. The molecular formula is C13H25ClO4. The highest BCUT2D eigenvalue weighted by Crippen LogP contribution is 2.46. The minimum Gasteiger partial charge on any atom is -0.382 e. The molecule has 0 amide bonds. The molecule has 0 N–H and O–H groups in total. The van der Waals surface area contributed by atoms with Crippen LogP contribution in [0.1, 0.15) is 20.3 Å². The third kappa shape index (κ3) is 5.02. The second-order valence-electron chi connectivity index (χ2n) is 5.10. The van der Waals surface area contributed by atoms with Gasteiger partial charge in [-0.3, -0.25) is 0 Å². The zero-order valence-electron chi connectivity index (χ0n) is 11.6. The molecule has 1 aliphatic carbocycles. The average Bonchev–Trinajstić information content (AvgIpc) is 2.35. The third-order valence-electron chi connectivity index (χ3n) is 3.41. The van der Waals surface area contributed by atoms with Crippen LogP contribution in [0.3, 0.4) is 0 Å². The van der Waals surface area contributed by atoms with Crippen LogP contribution in [0.15, 0.2) is 0 Å². The van der Waals surface area contributed by atoms with Gasteiger partial charge in [-0.15, -0.1) is 11.6 Å². The molecule has 0 bridgehead atoms. The molecule has 0 aromatic carbocycles. The van der Waals surface area contributed by atoms with E-state index in [4.69, 9.17) is 30.5 Å². The fourth-order valence-electron chi connectivity index (χ4n) is 1.83. The highest BCUT2D eigenvalue weighted by Gasteiger charge is 2.47. The van der Waals surface area contributed by atoms with Crippen LogP contribution in [0.2, 0.25) is 0 Å². The van der Waals surface area contributed by atoms with Gasteiger partial charge in [0.2, 0.25) is 0 Å². The van der Waals surface area contributed by atoms with Crippen molar-refractivity contribution < 1.29 is 18.9 Å². The van der Waals surface area contributed by atoms with Crippen LogP contribution in [-0.4, -0.2) is 58.2 Å². The first-order valence-electron chi connectivity index (χ1n) is 6.49. The van der Waals surface area contributed by atoms with Crippen molar-refractivity contribution in [2.24, 2.45) is 5.41 Å². The second-order valence-corrected chi connectivity index (χ2v) is 5.63. The molecule has 0 spiro atoms. The van der Waals surface area contributed by atoms with E-state index in [2.05, 4.69) is 13.8 Å². The molecular weight excluding hydrogens is 256 g/mol. The quantitative estimate of drug-likeness (QED) is 0.454. The summed E-state index contributed by atoms with van der Waals surface area (Å²) >= 11 is 6.12. The predicted octanol–water partition coefficient (Wildman–Crippen LogP) is 2.09. The molecule has 0 heterocycles. The zero-order valence-corrected chi connectivity index (χ0v) is 12.4. The Labute approximate surface area is 115 Å². The number of hydrogen-bond acceptors (Lipinski definition) is 4. The Balaban J connectivity index is 1.85. The van der Waals surface area contributed by atoms with Crippen LogP contribution in [0.4, 0.5) is 0 Å². The molecule has 1 rings (SSSR count). The highest BCUT2D eigenvalue weighted by atomic mass is 35.5. The van der Waals surface area contributed by atoms with Crippen LogP contribution < -0.4 is 0 Å². The molecule has 0 radical (unpaired) electrons. The number of halogens is 1. The maximum atomic E-state index is 6.12. The van der Waals surface area contributed by atoms with Crippen LogP contribution >= 0.6 is 11.6 Å². The smallest absolute Gasteiger partial charge is 0.0704 e. The maximum absolute atomic E-state index is 6.12. The zero-order chi connectivity index (χ0) is 13.4. The Kier molecular flexibility index (Phi) is 7.49. The summed E-state index contributed by atoms with van der Waals surface area (Å²) in [6.07, 6.45) is 1.20. The molecule has 4 nitrogen and oxygen atoms in total. The summed E-state index contributed by atoms with van der Waals surface area (Å²) in [6.45, 7) is 7.94. The predicted molar refractivity (Wildman–Crippen MR) is 71.3 cm³/mol. The van der Waals surface area contributed by atoms with E-state index in [9.17, 15) is 0 Å². The SMILES string of the molecule is COCCOCCOCCOC1CC(Cl)C1(C)C. The van der Waals surface area contributed by atoms with E-state index in [1.165, 1.54) is 0 Å². The number of rotatable bonds is 10. The summed E-state index contributed by atoms with van der Waals surface area (Å²) in [5, 5.41) is 0.234. The molecule has 1 aliphatic rings. The van der Waals surface area contributed by atoms with E-state index < -0.39 is 0 Å². The van der Waals surface area contributed by atoms with Gasteiger partial charge in [-0.1, -0.05) is 13.8 Å². The van der Waals surface area contributed by atoms with Gasteiger partial charge < -0.3 is 18.9 Å². The number of alkyl halides is 1. The van der Waals surface area contributed by atoms with Crippen molar-refractivity contribution in [3.05, 3.63) is 0 Å². The van der Waals surface area contributed by atoms with E-state index in [-0.39, 0.29) is 16.9 Å².